The molecule has 0 aliphatic heterocycles. The Morgan fingerprint density at radius 3 is 2.62 bits per heavy atom. The number of hydrogen-bond acceptors (Lipinski definition) is 5. The molecule has 0 spiro atoms. The van der Waals surface area contributed by atoms with Gasteiger partial charge in [-0.3, -0.25) is 14.3 Å². The van der Waals surface area contributed by atoms with E-state index in [4.69, 9.17) is 5.26 Å². The lowest BCUT2D eigenvalue weighted by Gasteiger charge is -2.19. The highest BCUT2D eigenvalue weighted by Crippen LogP contribution is 2.26. The van der Waals surface area contributed by atoms with Gasteiger partial charge in [0.25, 0.3) is 0 Å². The first kappa shape index (κ1) is 20.3. The molecule has 0 atom stereocenters. The molecule has 0 saturated carbocycles. The van der Waals surface area contributed by atoms with Gasteiger partial charge in [-0.2, -0.15) is 5.26 Å². The van der Waals surface area contributed by atoms with Crippen LogP contribution < -0.4 is 4.90 Å². The molecule has 2 aromatic carbocycles. The lowest BCUT2D eigenvalue weighted by molar-refractivity contribution is -0.116. The van der Waals surface area contributed by atoms with Crippen molar-refractivity contribution in [2.45, 2.75) is 11.7 Å². The number of nitriles is 1. The first-order valence-corrected chi connectivity index (χ1v) is 9.78. The second-order valence-corrected chi connectivity index (χ2v) is 6.89. The minimum Gasteiger partial charge on any atom is -0.298 e. The van der Waals surface area contributed by atoms with Crippen LogP contribution in [0.1, 0.15) is 0 Å². The van der Waals surface area contributed by atoms with Crippen molar-refractivity contribution in [3.05, 3.63) is 73.1 Å². The lowest BCUT2D eigenvalue weighted by atomic mass is 10.2. The van der Waals surface area contributed by atoms with E-state index >= 15 is 0 Å². The molecule has 29 heavy (non-hydrogen) atoms. The van der Waals surface area contributed by atoms with Crippen molar-refractivity contribution >= 4 is 23.4 Å². The van der Waals surface area contributed by atoms with Crippen molar-refractivity contribution in [1.29, 1.82) is 5.26 Å². The number of thioether (sulfide) groups is 1. The number of rotatable bonds is 8. The Bertz CT molecular complexity index is 1040. The molecule has 0 unspecified atom stereocenters. The lowest BCUT2D eigenvalue weighted by Crippen LogP contribution is -2.32. The van der Waals surface area contributed by atoms with E-state index < -0.39 is 5.82 Å². The molecule has 1 aromatic heterocycles. The van der Waals surface area contributed by atoms with E-state index in [1.807, 2.05) is 24.3 Å². The van der Waals surface area contributed by atoms with Crippen molar-refractivity contribution in [1.82, 2.24) is 14.8 Å². The molecular formula is C21H18FN5OS. The molecule has 1 amide bonds. The van der Waals surface area contributed by atoms with Gasteiger partial charge < -0.3 is 0 Å². The predicted octanol–water partition coefficient (Wildman–Crippen LogP) is 3.92. The molecule has 0 saturated heterocycles. The number of anilines is 1. The summed E-state index contributed by atoms with van der Waals surface area (Å²) in [6, 6.07) is 17.3. The van der Waals surface area contributed by atoms with Crippen LogP contribution in [0.25, 0.3) is 11.4 Å². The third-order valence-electron chi connectivity index (χ3n) is 4.07. The number of allylic oxidation sites excluding steroid dienone is 1. The molecule has 146 valence electrons. The van der Waals surface area contributed by atoms with Crippen LogP contribution in [0, 0.1) is 17.1 Å². The third-order valence-corrected chi connectivity index (χ3v) is 5.02. The number of hydrogen-bond donors (Lipinski definition) is 0. The van der Waals surface area contributed by atoms with Crippen molar-refractivity contribution in [2.24, 2.45) is 0 Å². The second-order valence-electron chi connectivity index (χ2n) is 5.95. The maximum atomic E-state index is 14.2. The van der Waals surface area contributed by atoms with Crippen molar-refractivity contribution in [3.63, 3.8) is 0 Å². The van der Waals surface area contributed by atoms with Gasteiger partial charge in [-0.15, -0.1) is 16.8 Å². The van der Waals surface area contributed by atoms with E-state index in [-0.39, 0.29) is 18.2 Å². The number of carbonyl (C=O) groups is 1. The Balaban J connectivity index is 1.81. The summed E-state index contributed by atoms with van der Waals surface area (Å²) in [5, 5.41) is 17.8. The van der Waals surface area contributed by atoms with Crippen LogP contribution in [0.15, 0.2) is 72.4 Å². The van der Waals surface area contributed by atoms with E-state index in [0.29, 0.717) is 28.8 Å². The summed E-state index contributed by atoms with van der Waals surface area (Å²) in [5.41, 5.74) is 0.981. The van der Waals surface area contributed by atoms with Crippen LogP contribution in [-0.2, 0) is 11.3 Å². The Labute approximate surface area is 172 Å². The van der Waals surface area contributed by atoms with Gasteiger partial charge in [-0.1, -0.05) is 48.2 Å². The molecule has 0 bridgehead atoms. The molecule has 0 N–H and O–H groups in total. The number of benzene rings is 2. The third kappa shape index (κ3) is 4.70. The summed E-state index contributed by atoms with van der Waals surface area (Å²) < 4.78 is 15.9. The maximum absolute atomic E-state index is 14.2. The summed E-state index contributed by atoms with van der Waals surface area (Å²) in [6.45, 7) is 4.05. The molecule has 6 nitrogen and oxygen atoms in total. The van der Waals surface area contributed by atoms with Gasteiger partial charge in [0.2, 0.25) is 5.91 Å². The summed E-state index contributed by atoms with van der Waals surface area (Å²) in [7, 11) is 0. The van der Waals surface area contributed by atoms with Gasteiger partial charge in [-0.05, 0) is 24.3 Å². The largest absolute Gasteiger partial charge is 0.298 e. The fraction of sp³-hybridized carbons (Fsp3) is 0.143. The number of nitrogens with zero attached hydrogens (tertiary/aromatic N) is 5. The first-order chi connectivity index (χ1) is 14.2. The van der Waals surface area contributed by atoms with Gasteiger partial charge in [0.15, 0.2) is 11.0 Å². The van der Waals surface area contributed by atoms with Crippen LogP contribution in [0.3, 0.4) is 0 Å². The molecule has 3 aromatic rings. The van der Waals surface area contributed by atoms with Crippen LogP contribution in [0.2, 0.25) is 0 Å². The van der Waals surface area contributed by atoms with Crippen LogP contribution in [0.4, 0.5) is 10.1 Å². The van der Waals surface area contributed by atoms with Gasteiger partial charge >= 0.3 is 0 Å². The monoisotopic (exact) mass is 407 g/mol. The van der Waals surface area contributed by atoms with Crippen LogP contribution in [-0.4, -0.2) is 33.0 Å². The minimum atomic E-state index is -0.401. The zero-order valence-electron chi connectivity index (χ0n) is 15.5. The van der Waals surface area contributed by atoms with Gasteiger partial charge in [0.1, 0.15) is 12.4 Å². The number of halogens is 1. The van der Waals surface area contributed by atoms with Crippen LogP contribution >= 0.6 is 11.8 Å². The van der Waals surface area contributed by atoms with E-state index in [1.54, 1.807) is 41.0 Å². The zero-order valence-corrected chi connectivity index (χ0v) is 16.3. The van der Waals surface area contributed by atoms with Gasteiger partial charge in [0.05, 0.1) is 17.4 Å². The Morgan fingerprint density at radius 2 is 1.93 bits per heavy atom. The molecule has 0 aliphatic rings. The van der Waals surface area contributed by atoms with E-state index in [2.05, 4.69) is 16.8 Å². The first-order valence-electron chi connectivity index (χ1n) is 8.80. The quantitative estimate of drug-likeness (QED) is 0.321. The Morgan fingerprint density at radius 1 is 1.21 bits per heavy atom. The standard InChI is InChI=1S/C21H18FN5OS/c1-2-13-27-20(17-10-6-7-11-18(17)22)24-25-21(27)29-15-19(28)26(14-12-23)16-8-4-3-5-9-16/h2-11H,1,13-15H2. The van der Waals surface area contributed by atoms with E-state index in [0.717, 1.165) is 0 Å². The number of carbonyl (C=O) groups excluding carboxylic acids is 1. The van der Waals surface area contributed by atoms with Crippen molar-refractivity contribution in [3.8, 4) is 17.5 Å². The number of aromatic nitrogens is 3. The number of para-hydroxylation sites is 1. The van der Waals surface area contributed by atoms with Crippen molar-refractivity contribution < 1.29 is 9.18 Å². The van der Waals surface area contributed by atoms with Gasteiger partial charge in [-0.25, -0.2) is 4.39 Å². The molecule has 3 rings (SSSR count). The summed E-state index contributed by atoms with van der Waals surface area (Å²) in [4.78, 5) is 14.1. The number of amides is 1. The van der Waals surface area contributed by atoms with Crippen molar-refractivity contribution in [2.75, 3.05) is 17.2 Å². The summed E-state index contributed by atoms with van der Waals surface area (Å²) in [6.07, 6.45) is 1.66. The topological polar surface area (TPSA) is 74.8 Å². The molecule has 0 radical (unpaired) electrons. The highest BCUT2D eigenvalue weighted by molar-refractivity contribution is 7.99. The second kappa shape index (κ2) is 9.66. The normalized spacial score (nSPS) is 10.3. The predicted molar refractivity (Wildman–Crippen MR) is 111 cm³/mol. The smallest absolute Gasteiger partial charge is 0.238 e. The fourth-order valence-corrected chi connectivity index (χ4v) is 3.56. The molecule has 0 fully saturated rings. The van der Waals surface area contributed by atoms with E-state index in [1.165, 1.54) is 22.7 Å². The molecule has 8 heteroatoms. The average molecular weight is 407 g/mol. The molecular weight excluding hydrogens is 389 g/mol. The summed E-state index contributed by atoms with van der Waals surface area (Å²) >= 11 is 1.18. The fourth-order valence-electron chi connectivity index (χ4n) is 2.74. The van der Waals surface area contributed by atoms with Crippen LogP contribution in [0.5, 0.6) is 0 Å². The molecule has 0 aliphatic carbocycles. The van der Waals surface area contributed by atoms with Gasteiger partial charge in [0, 0.05) is 12.2 Å². The molecule has 1 heterocycles. The highest BCUT2D eigenvalue weighted by atomic mass is 32.2. The highest BCUT2D eigenvalue weighted by Gasteiger charge is 2.20. The summed E-state index contributed by atoms with van der Waals surface area (Å²) in [5.74, 6) is -0.205. The average Bonchev–Trinajstić information content (AvgIpc) is 3.14. The zero-order chi connectivity index (χ0) is 20.6. The minimum absolute atomic E-state index is 0.0523. The SMILES string of the molecule is C=CCn1c(SCC(=O)N(CC#N)c2ccccc2)nnc1-c1ccccc1F. The Kier molecular flexibility index (Phi) is 6.76. The maximum Gasteiger partial charge on any atom is 0.238 e. The Hall–Kier alpha value is -3.44. The van der Waals surface area contributed by atoms with E-state index in [9.17, 15) is 9.18 Å².